The SMILES string of the molecule is CCCC1(C(=O)O)CCCN1C(=O)c1sccc1Br. The third kappa shape index (κ3) is 2.43. The number of thiophene rings is 1. The third-order valence-corrected chi connectivity index (χ3v) is 5.43. The molecule has 1 atom stereocenters. The van der Waals surface area contributed by atoms with Crippen molar-refractivity contribution < 1.29 is 14.7 Å². The van der Waals surface area contributed by atoms with Crippen LogP contribution in [0, 0.1) is 0 Å². The van der Waals surface area contributed by atoms with Crippen LogP contribution in [0.2, 0.25) is 0 Å². The summed E-state index contributed by atoms with van der Waals surface area (Å²) in [6, 6.07) is 1.82. The summed E-state index contributed by atoms with van der Waals surface area (Å²) in [5, 5.41) is 11.4. The van der Waals surface area contributed by atoms with Crippen molar-refractivity contribution >= 4 is 39.1 Å². The standard InChI is InChI=1S/C13H16BrNO3S/c1-2-5-13(12(17)18)6-3-7-15(13)11(16)10-9(14)4-8-19-10/h4,8H,2-3,5-7H2,1H3,(H,17,18). The Bertz CT molecular complexity index is 502. The molecule has 1 N–H and O–H groups in total. The molecule has 1 unspecified atom stereocenters. The summed E-state index contributed by atoms with van der Waals surface area (Å²) < 4.78 is 0.741. The first-order valence-electron chi connectivity index (χ1n) is 6.31. The summed E-state index contributed by atoms with van der Waals surface area (Å²) in [6.07, 6.45) is 2.56. The number of rotatable bonds is 4. The topological polar surface area (TPSA) is 57.6 Å². The van der Waals surface area contributed by atoms with Crippen molar-refractivity contribution in [2.45, 2.75) is 38.1 Å². The summed E-state index contributed by atoms with van der Waals surface area (Å²) in [5.74, 6) is -1.05. The second-order valence-electron chi connectivity index (χ2n) is 4.74. The van der Waals surface area contributed by atoms with E-state index in [9.17, 15) is 14.7 Å². The number of carboxylic acids is 1. The second kappa shape index (κ2) is 5.63. The van der Waals surface area contributed by atoms with Gasteiger partial charge < -0.3 is 10.0 Å². The van der Waals surface area contributed by atoms with Crippen molar-refractivity contribution in [2.24, 2.45) is 0 Å². The van der Waals surface area contributed by atoms with E-state index >= 15 is 0 Å². The Morgan fingerprint density at radius 3 is 2.84 bits per heavy atom. The number of likely N-dealkylation sites (tertiary alicyclic amines) is 1. The van der Waals surface area contributed by atoms with Gasteiger partial charge in [0.1, 0.15) is 10.4 Å². The number of carboxylic acid groups (broad SMARTS) is 1. The van der Waals surface area contributed by atoms with E-state index in [1.54, 1.807) is 4.90 Å². The fourth-order valence-corrected chi connectivity index (χ4v) is 4.24. The van der Waals surface area contributed by atoms with E-state index in [4.69, 9.17) is 0 Å². The Labute approximate surface area is 124 Å². The lowest BCUT2D eigenvalue weighted by molar-refractivity contribution is -0.148. The molecular weight excluding hydrogens is 330 g/mol. The molecule has 104 valence electrons. The van der Waals surface area contributed by atoms with Crippen LogP contribution in [0.15, 0.2) is 15.9 Å². The van der Waals surface area contributed by atoms with Gasteiger partial charge in [-0.15, -0.1) is 11.3 Å². The Morgan fingerprint density at radius 2 is 2.32 bits per heavy atom. The van der Waals surface area contributed by atoms with Gasteiger partial charge in [-0.05, 0) is 46.6 Å². The quantitative estimate of drug-likeness (QED) is 0.909. The number of aliphatic carboxylic acids is 1. The molecule has 19 heavy (non-hydrogen) atoms. The molecular formula is C13H16BrNO3S. The summed E-state index contributed by atoms with van der Waals surface area (Å²) in [6.45, 7) is 2.47. The van der Waals surface area contributed by atoms with Crippen LogP contribution in [-0.4, -0.2) is 34.0 Å². The van der Waals surface area contributed by atoms with Gasteiger partial charge in [0, 0.05) is 11.0 Å². The maximum atomic E-state index is 12.6. The molecule has 1 aliphatic rings. The number of hydrogen-bond acceptors (Lipinski definition) is 3. The molecule has 1 saturated heterocycles. The highest BCUT2D eigenvalue weighted by molar-refractivity contribution is 9.10. The van der Waals surface area contributed by atoms with E-state index in [0.717, 1.165) is 17.3 Å². The number of carbonyl (C=O) groups is 2. The molecule has 1 aromatic heterocycles. The molecule has 0 saturated carbocycles. The smallest absolute Gasteiger partial charge is 0.329 e. The molecule has 1 amide bonds. The highest BCUT2D eigenvalue weighted by atomic mass is 79.9. The number of hydrogen-bond donors (Lipinski definition) is 1. The lowest BCUT2D eigenvalue weighted by atomic mass is 9.90. The minimum atomic E-state index is -1.02. The molecule has 0 aliphatic carbocycles. The predicted molar refractivity (Wildman–Crippen MR) is 77.6 cm³/mol. The van der Waals surface area contributed by atoms with Gasteiger partial charge in [-0.25, -0.2) is 4.79 Å². The highest BCUT2D eigenvalue weighted by Crippen LogP contribution is 2.37. The number of halogens is 1. The fourth-order valence-electron chi connectivity index (χ4n) is 2.75. The Hall–Kier alpha value is -0.880. The van der Waals surface area contributed by atoms with Gasteiger partial charge in [-0.3, -0.25) is 4.79 Å². The van der Waals surface area contributed by atoms with Crippen molar-refractivity contribution in [1.29, 1.82) is 0 Å². The van der Waals surface area contributed by atoms with E-state index in [0.29, 0.717) is 24.3 Å². The molecule has 6 heteroatoms. The van der Waals surface area contributed by atoms with Crippen LogP contribution in [0.4, 0.5) is 0 Å². The van der Waals surface area contributed by atoms with Crippen molar-refractivity contribution in [3.63, 3.8) is 0 Å². The maximum absolute atomic E-state index is 12.6. The zero-order valence-electron chi connectivity index (χ0n) is 10.7. The average Bonchev–Trinajstić information content (AvgIpc) is 2.96. The third-order valence-electron chi connectivity index (χ3n) is 3.61. The summed E-state index contributed by atoms with van der Waals surface area (Å²) in [5.41, 5.74) is -1.02. The Balaban J connectivity index is 2.35. The van der Waals surface area contributed by atoms with Crippen molar-refractivity contribution in [3.8, 4) is 0 Å². The molecule has 1 aromatic rings. The number of carbonyl (C=O) groups excluding carboxylic acids is 1. The lowest BCUT2D eigenvalue weighted by Gasteiger charge is -2.34. The van der Waals surface area contributed by atoms with Crippen LogP contribution < -0.4 is 0 Å². The molecule has 0 aromatic carbocycles. The van der Waals surface area contributed by atoms with Crippen molar-refractivity contribution in [2.75, 3.05) is 6.54 Å². The van der Waals surface area contributed by atoms with Gasteiger partial charge in [0.15, 0.2) is 0 Å². The van der Waals surface area contributed by atoms with Gasteiger partial charge in [-0.2, -0.15) is 0 Å². The molecule has 1 aliphatic heterocycles. The molecule has 0 bridgehead atoms. The summed E-state index contributed by atoms with van der Waals surface area (Å²) in [4.78, 5) is 26.4. The zero-order chi connectivity index (χ0) is 14.0. The Morgan fingerprint density at radius 1 is 1.58 bits per heavy atom. The first-order chi connectivity index (χ1) is 9.03. The molecule has 4 nitrogen and oxygen atoms in total. The van der Waals surface area contributed by atoms with E-state index < -0.39 is 11.5 Å². The van der Waals surface area contributed by atoms with Crippen LogP contribution in [-0.2, 0) is 4.79 Å². The first-order valence-corrected chi connectivity index (χ1v) is 7.98. The van der Waals surface area contributed by atoms with Crippen LogP contribution in [0.1, 0.15) is 42.3 Å². The number of nitrogens with zero attached hydrogens (tertiary/aromatic N) is 1. The minimum absolute atomic E-state index is 0.171. The maximum Gasteiger partial charge on any atom is 0.329 e. The van der Waals surface area contributed by atoms with E-state index in [-0.39, 0.29) is 5.91 Å². The van der Waals surface area contributed by atoms with Gasteiger partial charge in [0.25, 0.3) is 5.91 Å². The summed E-state index contributed by atoms with van der Waals surface area (Å²) >= 11 is 4.69. The molecule has 0 radical (unpaired) electrons. The van der Waals surface area contributed by atoms with E-state index in [1.165, 1.54) is 11.3 Å². The normalized spacial score (nSPS) is 22.7. The first kappa shape index (κ1) is 14.5. The van der Waals surface area contributed by atoms with Gasteiger partial charge >= 0.3 is 5.97 Å². The molecule has 2 rings (SSSR count). The van der Waals surface area contributed by atoms with Crippen LogP contribution >= 0.6 is 27.3 Å². The predicted octanol–water partition coefficient (Wildman–Crippen LogP) is 3.37. The molecule has 2 heterocycles. The van der Waals surface area contributed by atoms with E-state index in [2.05, 4.69) is 15.9 Å². The fraction of sp³-hybridized carbons (Fsp3) is 0.538. The average molecular weight is 346 g/mol. The van der Waals surface area contributed by atoms with Gasteiger partial charge in [0.2, 0.25) is 0 Å². The molecule has 0 spiro atoms. The van der Waals surface area contributed by atoms with Crippen LogP contribution in [0.25, 0.3) is 0 Å². The monoisotopic (exact) mass is 345 g/mol. The summed E-state index contributed by atoms with van der Waals surface area (Å²) in [7, 11) is 0. The minimum Gasteiger partial charge on any atom is -0.479 e. The largest absolute Gasteiger partial charge is 0.479 e. The van der Waals surface area contributed by atoms with Crippen molar-refractivity contribution in [3.05, 3.63) is 20.8 Å². The van der Waals surface area contributed by atoms with E-state index in [1.807, 2.05) is 18.4 Å². The molecule has 1 fully saturated rings. The van der Waals surface area contributed by atoms with Crippen LogP contribution in [0.3, 0.4) is 0 Å². The van der Waals surface area contributed by atoms with Gasteiger partial charge in [0.05, 0.1) is 0 Å². The highest BCUT2D eigenvalue weighted by Gasteiger charge is 2.49. The van der Waals surface area contributed by atoms with Crippen molar-refractivity contribution in [1.82, 2.24) is 4.90 Å². The van der Waals surface area contributed by atoms with Gasteiger partial charge in [-0.1, -0.05) is 13.3 Å². The number of amides is 1. The Kier molecular flexibility index (Phi) is 4.30. The van der Waals surface area contributed by atoms with Crippen LogP contribution in [0.5, 0.6) is 0 Å². The zero-order valence-corrected chi connectivity index (χ0v) is 13.1. The lowest BCUT2D eigenvalue weighted by Crippen LogP contribution is -2.52. The second-order valence-corrected chi connectivity index (χ2v) is 6.52.